The molecule has 4 N–H and O–H groups in total. The number of aryl methyl sites for hydroxylation is 2. The molecule has 78 heavy (non-hydrogen) atoms. The van der Waals surface area contributed by atoms with Crippen molar-refractivity contribution in [2.45, 2.75) is 164 Å². The van der Waals surface area contributed by atoms with Crippen molar-refractivity contribution in [3.63, 3.8) is 0 Å². The van der Waals surface area contributed by atoms with Gasteiger partial charge in [-0.3, -0.25) is 4.79 Å². The zero-order valence-electron chi connectivity index (χ0n) is 45.3. The van der Waals surface area contributed by atoms with Gasteiger partial charge in [0.1, 0.15) is 23.7 Å². The molecule has 1 aromatic heterocycles. The maximum absolute atomic E-state index is 15.5. The average molecular weight is 1060 g/mol. The molecule has 3 aliphatic heterocycles. The second-order valence-electron chi connectivity index (χ2n) is 23.5. The first-order valence-electron chi connectivity index (χ1n) is 28.9. The van der Waals surface area contributed by atoms with Gasteiger partial charge in [0.25, 0.3) is 0 Å². The molecule has 0 saturated heterocycles. The highest BCUT2D eigenvalue weighted by Crippen LogP contribution is 2.56. The van der Waals surface area contributed by atoms with Gasteiger partial charge in [0.05, 0.1) is 25.4 Å². The molecule has 9 atom stereocenters. The number of allylic oxidation sites excluding steroid dienone is 2. The lowest BCUT2D eigenvalue weighted by Gasteiger charge is -2.50. The van der Waals surface area contributed by atoms with E-state index in [1.165, 1.54) is 47.9 Å². The maximum Gasteiger partial charge on any atom is 0.340 e. The SMILES string of the molecule is CC(CO)=C1CCc2ccc(cc2)C2C=CC(c3cccc(C45CCCCC4CCc4ccccc45)c3)CC2CC(=O)OC2c3c(ccc4c(CO)c(C(CCO)COCO)c(=O)oc34)OC(C)(C3CCCCC3)C2OC1=O. The van der Waals surface area contributed by atoms with E-state index in [1.54, 1.807) is 19.1 Å². The first kappa shape index (κ1) is 54.1. The summed E-state index contributed by atoms with van der Waals surface area (Å²) in [5, 5.41) is 41.7. The minimum absolute atomic E-state index is 0.00924. The van der Waals surface area contributed by atoms with Gasteiger partial charge in [-0.05, 0) is 147 Å². The van der Waals surface area contributed by atoms with Crippen LogP contribution < -0.4 is 10.4 Å². The summed E-state index contributed by atoms with van der Waals surface area (Å²) >= 11 is 0. The number of hydrogen-bond acceptors (Lipinski definition) is 12. The summed E-state index contributed by atoms with van der Waals surface area (Å²) in [7, 11) is 0. The molecule has 0 amide bonds. The summed E-state index contributed by atoms with van der Waals surface area (Å²) in [6.45, 7) is 1.64. The highest BCUT2D eigenvalue weighted by Gasteiger charge is 2.57. The third-order valence-corrected chi connectivity index (χ3v) is 19.3. The predicted molar refractivity (Wildman–Crippen MR) is 296 cm³/mol. The van der Waals surface area contributed by atoms with Gasteiger partial charge in [-0.1, -0.05) is 117 Å². The first-order chi connectivity index (χ1) is 38.0. The number of fused-ring (bicyclic) bond motifs is 14. The van der Waals surface area contributed by atoms with Gasteiger partial charge >= 0.3 is 17.6 Å². The van der Waals surface area contributed by atoms with Crippen LogP contribution in [0.1, 0.15) is 178 Å². The summed E-state index contributed by atoms with van der Waals surface area (Å²) < 4.78 is 32.6. The van der Waals surface area contributed by atoms with Crippen molar-refractivity contribution >= 4 is 22.9 Å². The molecule has 7 aliphatic rings. The monoisotopic (exact) mass is 1060 g/mol. The van der Waals surface area contributed by atoms with Gasteiger partial charge in [0.2, 0.25) is 0 Å². The fourth-order valence-electron chi connectivity index (χ4n) is 15.2. The average Bonchev–Trinajstić information content (AvgIpc) is 3.49. The number of ether oxygens (including phenoxy) is 4. The molecule has 9 unspecified atom stereocenters. The van der Waals surface area contributed by atoms with Gasteiger partial charge in [0, 0.05) is 58.6 Å². The van der Waals surface area contributed by atoms with Crippen molar-refractivity contribution in [2.24, 2.45) is 17.8 Å². The Morgan fingerprint density at radius 3 is 2.37 bits per heavy atom. The fourth-order valence-corrected chi connectivity index (χ4v) is 15.2. The molecule has 5 aromatic rings. The number of aliphatic hydroxyl groups excluding tert-OH is 4. The number of carbonyl (C=O) groups is 2. The third-order valence-electron chi connectivity index (χ3n) is 19.3. The van der Waals surface area contributed by atoms with E-state index in [9.17, 15) is 25.2 Å². The van der Waals surface area contributed by atoms with Crippen LogP contribution in [0.2, 0.25) is 0 Å². The van der Waals surface area contributed by atoms with Crippen LogP contribution in [0.5, 0.6) is 5.75 Å². The highest BCUT2D eigenvalue weighted by atomic mass is 16.6. The number of carbonyl (C=O) groups excluding carboxylic acids is 2. The molecule has 0 radical (unpaired) electrons. The van der Waals surface area contributed by atoms with E-state index in [0.29, 0.717) is 41.0 Å². The van der Waals surface area contributed by atoms with E-state index in [0.717, 1.165) is 56.1 Å². The molecule has 4 aliphatic carbocycles. The lowest BCUT2D eigenvalue weighted by Crippen LogP contribution is -2.58. The van der Waals surface area contributed by atoms with E-state index >= 15 is 9.59 Å². The van der Waals surface area contributed by atoms with Crippen LogP contribution in [0.15, 0.2) is 117 Å². The molecule has 4 heterocycles. The summed E-state index contributed by atoms with van der Waals surface area (Å²) in [6.07, 6.45) is 15.1. The molecule has 4 aromatic carbocycles. The molecule has 12 nitrogen and oxygen atoms in total. The second-order valence-corrected chi connectivity index (χ2v) is 23.5. The normalized spacial score (nSPS) is 28.5. The van der Waals surface area contributed by atoms with Gasteiger partial charge in [0.15, 0.2) is 12.2 Å². The lowest BCUT2D eigenvalue weighted by molar-refractivity contribution is -0.201. The molecule has 2 saturated carbocycles. The minimum atomic E-state index is -1.35. The van der Waals surface area contributed by atoms with E-state index in [1.807, 2.05) is 6.92 Å². The fraction of sp³-hybridized carbons (Fsp3) is 0.500. The molecule has 2 bridgehead atoms. The number of aliphatic hydroxyl groups is 4. The number of benzene rings is 4. The molecule has 12 rings (SSSR count). The summed E-state index contributed by atoms with van der Waals surface area (Å²) in [6, 6.07) is 30.2. The second kappa shape index (κ2) is 23.1. The van der Waals surface area contributed by atoms with Crippen molar-refractivity contribution in [2.75, 3.05) is 26.6 Å². The Morgan fingerprint density at radius 2 is 1.59 bits per heavy atom. The molecular formula is C66H76O12. The van der Waals surface area contributed by atoms with Crippen LogP contribution in [0, 0.1) is 17.8 Å². The van der Waals surface area contributed by atoms with E-state index in [4.69, 9.17) is 23.4 Å². The van der Waals surface area contributed by atoms with E-state index in [2.05, 4.69) is 84.9 Å². The molecule has 0 spiro atoms. The lowest BCUT2D eigenvalue weighted by atomic mass is 9.54. The number of esters is 2. The minimum Gasteiger partial charge on any atom is -0.483 e. The highest BCUT2D eigenvalue weighted by molar-refractivity contribution is 5.90. The third kappa shape index (κ3) is 9.99. The predicted octanol–water partition coefficient (Wildman–Crippen LogP) is 11.2. The largest absolute Gasteiger partial charge is 0.483 e. The van der Waals surface area contributed by atoms with Crippen molar-refractivity contribution < 1.29 is 53.4 Å². The van der Waals surface area contributed by atoms with Crippen LogP contribution >= 0.6 is 0 Å². The van der Waals surface area contributed by atoms with Crippen LogP contribution in [-0.2, 0) is 48.7 Å². The van der Waals surface area contributed by atoms with Crippen LogP contribution in [0.25, 0.3) is 11.0 Å². The van der Waals surface area contributed by atoms with Gasteiger partial charge in [-0.15, -0.1) is 0 Å². The quantitative estimate of drug-likeness (QED) is 0.0323. The number of rotatable bonds is 11. The zero-order valence-corrected chi connectivity index (χ0v) is 45.3. The number of hydrogen-bond donors (Lipinski definition) is 4. The van der Waals surface area contributed by atoms with E-state index in [-0.39, 0.29) is 90.4 Å². The van der Waals surface area contributed by atoms with Crippen molar-refractivity contribution in [1.29, 1.82) is 0 Å². The Hall–Kier alpha value is -5.89. The van der Waals surface area contributed by atoms with Crippen molar-refractivity contribution in [1.82, 2.24) is 0 Å². The first-order valence-corrected chi connectivity index (χ1v) is 28.9. The Labute approximate surface area is 457 Å². The Kier molecular flexibility index (Phi) is 16.0. The van der Waals surface area contributed by atoms with Crippen molar-refractivity contribution in [3.8, 4) is 5.75 Å². The molecular weight excluding hydrogens is 985 g/mol. The Morgan fingerprint density at radius 1 is 0.795 bits per heavy atom. The molecule has 412 valence electrons. The smallest absolute Gasteiger partial charge is 0.340 e. The molecule has 2 fully saturated rings. The Balaban J connectivity index is 1.04. The Bertz CT molecular complexity index is 3130. The van der Waals surface area contributed by atoms with Gasteiger partial charge < -0.3 is 43.8 Å². The van der Waals surface area contributed by atoms with Gasteiger partial charge in [-0.2, -0.15) is 0 Å². The van der Waals surface area contributed by atoms with Crippen LogP contribution in [0.3, 0.4) is 0 Å². The van der Waals surface area contributed by atoms with Gasteiger partial charge in [-0.25, -0.2) is 9.59 Å². The topological polar surface area (TPSA) is 182 Å². The van der Waals surface area contributed by atoms with Crippen LogP contribution in [0.4, 0.5) is 0 Å². The summed E-state index contributed by atoms with van der Waals surface area (Å²) in [5.41, 5.74) is 6.84. The molecule has 12 heteroatoms. The van der Waals surface area contributed by atoms with E-state index < -0.39 is 54.7 Å². The standard InChI is InChI=1S/C66H76O12/c1-40(36-68)51-26-20-41-18-21-42(22-19-41)52-27-24-45(44-12-10-16-50(34-44)66-31-9-8-15-49(66)25-23-43-11-6-7-17-55(43)66)33-47(52)35-57(71)75-61-59-56(78-65(2,62(61)77-63(51)72)48-13-4-3-5-14-48)29-28-53-54(37-69)58(64(73)76-60(53)59)46(30-32-67)38-74-39-70/h6-7,10-12,16-19,21-22,24,27-29,34,45-49,52,61-62,67-70H,3-5,8-9,13-15,20,23,25-26,30-33,35-39H2,1-2H3. The van der Waals surface area contributed by atoms with Crippen molar-refractivity contribution in [3.05, 3.63) is 169 Å². The zero-order chi connectivity index (χ0) is 54.1. The maximum atomic E-state index is 15.5. The van der Waals surface area contributed by atoms with Crippen LogP contribution in [-0.4, -0.2) is 70.7 Å². The summed E-state index contributed by atoms with van der Waals surface area (Å²) in [4.78, 5) is 45.0. The summed E-state index contributed by atoms with van der Waals surface area (Å²) in [5.74, 6) is -1.52.